The SMILES string of the molecule is CCOc1cc(CS(=O)(=O)CCN2Cc3cccc(NC(=O)C4CC4)c3C2=O)ccc1OC. The Bertz CT molecular complexity index is 1170. The van der Waals surface area contributed by atoms with Gasteiger partial charge in [0.1, 0.15) is 0 Å². The number of sulfone groups is 1. The summed E-state index contributed by atoms with van der Waals surface area (Å²) in [5, 5.41) is 2.86. The fraction of sp³-hybridized carbons (Fsp3) is 0.417. The van der Waals surface area contributed by atoms with E-state index >= 15 is 0 Å². The number of rotatable bonds is 10. The van der Waals surface area contributed by atoms with Gasteiger partial charge >= 0.3 is 0 Å². The summed E-state index contributed by atoms with van der Waals surface area (Å²) in [4.78, 5) is 26.7. The number of amides is 2. The average Bonchev–Trinajstić information content (AvgIpc) is 3.57. The van der Waals surface area contributed by atoms with Gasteiger partial charge in [0.05, 0.1) is 36.5 Å². The van der Waals surface area contributed by atoms with E-state index in [2.05, 4.69) is 5.32 Å². The lowest BCUT2D eigenvalue weighted by molar-refractivity contribution is -0.117. The van der Waals surface area contributed by atoms with Crippen LogP contribution in [0.4, 0.5) is 5.69 Å². The van der Waals surface area contributed by atoms with Gasteiger partial charge in [0.15, 0.2) is 21.3 Å². The molecule has 9 heteroatoms. The van der Waals surface area contributed by atoms with Crippen LogP contribution in [0.15, 0.2) is 36.4 Å². The van der Waals surface area contributed by atoms with Gasteiger partial charge in [-0.2, -0.15) is 0 Å². The van der Waals surface area contributed by atoms with E-state index in [9.17, 15) is 18.0 Å². The number of benzene rings is 2. The number of nitrogens with one attached hydrogen (secondary N) is 1. The van der Waals surface area contributed by atoms with Crippen molar-refractivity contribution in [3.05, 3.63) is 53.1 Å². The molecule has 0 unspecified atom stereocenters. The highest BCUT2D eigenvalue weighted by Crippen LogP contribution is 2.34. The third-order valence-corrected chi connectivity index (χ3v) is 7.38. The highest BCUT2D eigenvalue weighted by Gasteiger charge is 2.34. The van der Waals surface area contributed by atoms with E-state index in [0.717, 1.165) is 18.4 Å². The van der Waals surface area contributed by atoms with Gasteiger partial charge in [-0.05, 0) is 49.1 Å². The molecular weight excluding hydrogens is 444 g/mol. The molecule has 1 aliphatic carbocycles. The van der Waals surface area contributed by atoms with Crippen molar-refractivity contribution in [2.75, 3.05) is 31.3 Å². The Hall–Kier alpha value is -3.07. The van der Waals surface area contributed by atoms with Crippen LogP contribution >= 0.6 is 0 Å². The molecule has 0 spiro atoms. The number of ether oxygens (including phenoxy) is 2. The summed E-state index contributed by atoms with van der Waals surface area (Å²) < 4.78 is 36.3. The topological polar surface area (TPSA) is 102 Å². The Morgan fingerprint density at radius 1 is 1.18 bits per heavy atom. The fourth-order valence-corrected chi connectivity index (χ4v) is 5.27. The molecule has 33 heavy (non-hydrogen) atoms. The van der Waals surface area contributed by atoms with E-state index in [1.54, 1.807) is 30.3 Å². The van der Waals surface area contributed by atoms with E-state index in [4.69, 9.17) is 9.47 Å². The second-order valence-electron chi connectivity index (χ2n) is 8.34. The maximum Gasteiger partial charge on any atom is 0.256 e. The number of carbonyl (C=O) groups is 2. The minimum Gasteiger partial charge on any atom is -0.493 e. The normalized spacial score (nSPS) is 15.3. The highest BCUT2D eigenvalue weighted by atomic mass is 32.2. The maximum absolute atomic E-state index is 13.0. The standard InChI is InChI=1S/C24H28N2O6S/c1-3-32-21-13-16(7-10-20(21)31-2)15-33(29,30)12-11-26-14-18-5-4-6-19(22(18)24(26)28)25-23(27)17-8-9-17/h4-7,10,13,17H,3,8-9,11-12,14-15H2,1-2H3,(H,25,27). The Labute approximate surface area is 193 Å². The zero-order valence-electron chi connectivity index (χ0n) is 18.8. The fourth-order valence-electron chi connectivity index (χ4n) is 3.94. The number of fused-ring (bicyclic) bond motifs is 1. The Kier molecular flexibility index (Phi) is 6.60. The number of hydrogen-bond donors (Lipinski definition) is 1. The molecular formula is C24H28N2O6S. The summed E-state index contributed by atoms with van der Waals surface area (Å²) in [7, 11) is -1.95. The lowest BCUT2D eigenvalue weighted by Crippen LogP contribution is -2.30. The summed E-state index contributed by atoms with van der Waals surface area (Å²) in [5.41, 5.74) is 2.35. The number of nitrogens with zero attached hydrogens (tertiary/aromatic N) is 1. The first kappa shape index (κ1) is 23.1. The molecule has 2 aliphatic rings. The smallest absolute Gasteiger partial charge is 0.256 e. The van der Waals surface area contributed by atoms with Crippen LogP contribution in [0.3, 0.4) is 0 Å². The molecule has 2 aromatic carbocycles. The summed E-state index contributed by atoms with van der Waals surface area (Å²) in [5.74, 6) is 0.431. The van der Waals surface area contributed by atoms with Crippen LogP contribution in [0.25, 0.3) is 0 Å². The zero-order chi connectivity index (χ0) is 23.6. The van der Waals surface area contributed by atoms with Crippen LogP contribution < -0.4 is 14.8 Å². The monoisotopic (exact) mass is 472 g/mol. The second-order valence-corrected chi connectivity index (χ2v) is 10.5. The van der Waals surface area contributed by atoms with Crippen LogP contribution in [0, 0.1) is 5.92 Å². The van der Waals surface area contributed by atoms with Gasteiger partial charge in [0.25, 0.3) is 5.91 Å². The summed E-state index contributed by atoms with van der Waals surface area (Å²) in [6.07, 6.45) is 1.75. The largest absolute Gasteiger partial charge is 0.493 e. The molecule has 2 amide bonds. The quantitative estimate of drug-likeness (QED) is 0.570. The van der Waals surface area contributed by atoms with Gasteiger partial charge < -0.3 is 19.7 Å². The minimum absolute atomic E-state index is 0.0276. The van der Waals surface area contributed by atoms with Crippen molar-refractivity contribution in [1.82, 2.24) is 4.90 Å². The number of hydrogen-bond acceptors (Lipinski definition) is 6. The zero-order valence-corrected chi connectivity index (χ0v) is 19.6. The van der Waals surface area contributed by atoms with Crippen LogP contribution in [-0.2, 0) is 26.9 Å². The van der Waals surface area contributed by atoms with Crippen molar-refractivity contribution in [3.8, 4) is 11.5 Å². The van der Waals surface area contributed by atoms with Crippen LogP contribution in [-0.4, -0.2) is 51.1 Å². The molecule has 4 rings (SSSR count). The van der Waals surface area contributed by atoms with Gasteiger partial charge in [0.2, 0.25) is 5.91 Å². The van der Waals surface area contributed by atoms with Gasteiger partial charge in [-0.1, -0.05) is 18.2 Å². The first-order chi connectivity index (χ1) is 15.8. The summed E-state index contributed by atoms with van der Waals surface area (Å²) in [6, 6.07) is 10.4. The Morgan fingerprint density at radius 3 is 2.67 bits per heavy atom. The first-order valence-electron chi connectivity index (χ1n) is 11.0. The van der Waals surface area contributed by atoms with Crippen molar-refractivity contribution in [3.63, 3.8) is 0 Å². The van der Waals surface area contributed by atoms with Crippen LogP contribution in [0.1, 0.15) is 41.3 Å². The van der Waals surface area contributed by atoms with E-state index in [1.807, 2.05) is 13.0 Å². The third-order valence-electron chi connectivity index (χ3n) is 5.81. The first-order valence-corrected chi connectivity index (χ1v) is 12.9. The Balaban J connectivity index is 1.41. The predicted octanol–water partition coefficient (Wildman–Crippen LogP) is 3.01. The number of methoxy groups -OCH3 is 1. The van der Waals surface area contributed by atoms with Crippen molar-refractivity contribution < 1.29 is 27.5 Å². The van der Waals surface area contributed by atoms with E-state index in [0.29, 0.717) is 41.5 Å². The molecule has 0 atom stereocenters. The molecule has 0 saturated heterocycles. The summed E-state index contributed by atoms with van der Waals surface area (Å²) >= 11 is 0. The van der Waals surface area contributed by atoms with Gasteiger partial charge in [-0.15, -0.1) is 0 Å². The lowest BCUT2D eigenvalue weighted by Gasteiger charge is -2.16. The molecule has 1 N–H and O–H groups in total. The van der Waals surface area contributed by atoms with Crippen molar-refractivity contribution in [2.45, 2.75) is 32.1 Å². The van der Waals surface area contributed by atoms with Crippen molar-refractivity contribution in [1.29, 1.82) is 0 Å². The molecule has 1 aliphatic heterocycles. The molecule has 0 radical (unpaired) electrons. The lowest BCUT2D eigenvalue weighted by atomic mass is 10.1. The van der Waals surface area contributed by atoms with Gasteiger partial charge in [0, 0.05) is 19.0 Å². The van der Waals surface area contributed by atoms with Crippen LogP contribution in [0.5, 0.6) is 11.5 Å². The molecule has 0 bridgehead atoms. The van der Waals surface area contributed by atoms with E-state index in [-0.39, 0.29) is 35.8 Å². The number of anilines is 1. The molecule has 176 valence electrons. The van der Waals surface area contributed by atoms with Crippen LogP contribution in [0.2, 0.25) is 0 Å². The Morgan fingerprint density at radius 2 is 1.97 bits per heavy atom. The highest BCUT2D eigenvalue weighted by molar-refractivity contribution is 7.90. The molecule has 0 aromatic heterocycles. The number of carbonyl (C=O) groups excluding carboxylic acids is 2. The second kappa shape index (κ2) is 9.43. The van der Waals surface area contributed by atoms with Gasteiger partial charge in [-0.3, -0.25) is 9.59 Å². The minimum atomic E-state index is -3.48. The third kappa shape index (κ3) is 5.30. The molecule has 1 heterocycles. The molecule has 8 nitrogen and oxygen atoms in total. The van der Waals surface area contributed by atoms with E-state index in [1.165, 1.54) is 12.0 Å². The molecule has 1 saturated carbocycles. The molecule has 2 aromatic rings. The van der Waals surface area contributed by atoms with Gasteiger partial charge in [-0.25, -0.2) is 8.42 Å². The average molecular weight is 473 g/mol. The predicted molar refractivity (Wildman–Crippen MR) is 124 cm³/mol. The van der Waals surface area contributed by atoms with Crippen molar-refractivity contribution >= 4 is 27.3 Å². The maximum atomic E-state index is 13.0. The summed E-state index contributed by atoms with van der Waals surface area (Å²) in [6.45, 7) is 2.69. The molecule has 1 fully saturated rings. The van der Waals surface area contributed by atoms with E-state index < -0.39 is 9.84 Å². The van der Waals surface area contributed by atoms with Crippen molar-refractivity contribution in [2.24, 2.45) is 5.92 Å².